The van der Waals surface area contributed by atoms with Gasteiger partial charge in [-0.2, -0.15) is 0 Å². The van der Waals surface area contributed by atoms with Crippen LogP contribution in [0.1, 0.15) is 31.1 Å². The second-order valence-electron chi connectivity index (χ2n) is 4.91. The minimum absolute atomic E-state index is 0.407. The van der Waals surface area contributed by atoms with Crippen LogP contribution in [-0.4, -0.2) is 22.5 Å². The molecule has 2 aromatic heterocycles. The lowest BCUT2D eigenvalue weighted by molar-refractivity contribution is 0.100. The molecular weight excluding hydrogens is 348 g/mol. The molecule has 0 aliphatic carbocycles. The summed E-state index contributed by atoms with van der Waals surface area (Å²) in [6, 6.07) is 8.85. The van der Waals surface area contributed by atoms with Crippen molar-refractivity contribution < 1.29 is 9.53 Å². The third-order valence-corrected chi connectivity index (χ3v) is 4.02. The Morgan fingerprint density at radius 3 is 2.77 bits per heavy atom. The monoisotopic (exact) mass is 370 g/mol. The lowest BCUT2D eigenvalue weighted by Gasteiger charge is -2.11. The zero-order valence-corrected chi connectivity index (χ0v) is 15.8. The number of primary amides is 1. The van der Waals surface area contributed by atoms with Gasteiger partial charge in [0, 0.05) is 28.9 Å². The van der Waals surface area contributed by atoms with Crippen molar-refractivity contribution in [1.29, 1.82) is 0 Å². The molecule has 0 unspecified atom stereocenters. The zero-order valence-electron chi connectivity index (χ0n) is 15.0. The molecule has 26 heavy (non-hydrogen) atoms. The summed E-state index contributed by atoms with van der Waals surface area (Å²) in [7, 11) is 0. The van der Waals surface area contributed by atoms with Crippen molar-refractivity contribution in [2.75, 3.05) is 11.9 Å². The number of nitrogens with two attached hydrogens (primary N) is 1. The molecule has 3 N–H and O–H groups in total. The Morgan fingerprint density at radius 1 is 1.31 bits per heavy atom. The topological polar surface area (TPSA) is 90.1 Å². The van der Waals surface area contributed by atoms with E-state index < -0.39 is 5.91 Å². The van der Waals surface area contributed by atoms with Gasteiger partial charge >= 0.3 is 0 Å². The van der Waals surface area contributed by atoms with Gasteiger partial charge in [-0.05, 0) is 37.3 Å². The average molecular weight is 370 g/mol. The second-order valence-corrected chi connectivity index (χ2v) is 5.77. The maximum atomic E-state index is 11.4. The van der Waals surface area contributed by atoms with E-state index >= 15 is 0 Å². The van der Waals surface area contributed by atoms with Crippen molar-refractivity contribution in [3.8, 4) is 17.0 Å². The first kappa shape index (κ1) is 19.4. The van der Waals surface area contributed by atoms with Crippen LogP contribution in [0.15, 0.2) is 48.1 Å². The van der Waals surface area contributed by atoms with Crippen molar-refractivity contribution in [3.63, 3.8) is 0 Å². The Kier molecular flexibility index (Phi) is 7.11. The van der Waals surface area contributed by atoms with E-state index in [4.69, 9.17) is 10.5 Å². The Labute approximate surface area is 157 Å². The Morgan fingerprint density at radius 2 is 2.12 bits per heavy atom. The Hall–Kier alpha value is -2.93. The summed E-state index contributed by atoms with van der Waals surface area (Å²) >= 11 is 1.46. The number of rotatable bonds is 6. The maximum absolute atomic E-state index is 11.4. The molecular formula is C19H22N4O2S. The van der Waals surface area contributed by atoms with Crippen molar-refractivity contribution in [3.05, 3.63) is 53.7 Å². The van der Waals surface area contributed by atoms with E-state index in [1.54, 1.807) is 30.6 Å². The minimum Gasteiger partial charge on any atom is -0.492 e. The number of aromatic nitrogens is 2. The molecule has 6 nitrogen and oxygen atoms in total. The molecule has 0 saturated heterocycles. The summed E-state index contributed by atoms with van der Waals surface area (Å²) in [6.45, 7) is 6.42. The number of thiazole rings is 1. The molecule has 0 aliphatic rings. The van der Waals surface area contributed by atoms with Crippen molar-refractivity contribution in [1.82, 2.24) is 9.97 Å². The first-order chi connectivity index (χ1) is 12.7. The van der Waals surface area contributed by atoms with Gasteiger partial charge < -0.3 is 15.8 Å². The highest BCUT2D eigenvalue weighted by molar-refractivity contribution is 7.14. The number of ether oxygens (including phenoxy) is 1. The standard InChI is InChI=1S/C17H16N4O2S.C2H6/c1-2-23-15-6-5-11(16(18)22)8-13(15)20-17-21-14(10-24-17)12-4-3-7-19-9-12;1-2/h3-10H,2H2,1H3,(H2,18,22)(H,20,21);1-2H3. The number of anilines is 2. The van der Waals surface area contributed by atoms with Crippen LogP contribution in [0.25, 0.3) is 11.3 Å². The van der Waals surface area contributed by atoms with Gasteiger partial charge in [0.1, 0.15) is 5.75 Å². The summed E-state index contributed by atoms with van der Waals surface area (Å²) in [5.74, 6) is 0.150. The molecule has 7 heteroatoms. The predicted molar refractivity (Wildman–Crippen MR) is 106 cm³/mol. The molecule has 136 valence electrons. The number of carbonyl (C=O) groups excluding carboxylic acids is 1. The van der Waals surface area contributed by atoms with Gasteiger partial charge in [0.05, 0.1) is 18.0 Å². The van der Waals surface area contributed by atoms with Crippen LogP contribution in [0.2, 0.25) is 0 Å². The first-order valence-electron chi connectivity index (χ1n) is 8.37. The van der Waals surface area contributed by atoms with Gasteiger partial charge in [0.25, 0.3) is 0 Å². The molecule has 0 atom stereocenters. The zero-order chi connectivity index (χ0) is 18.9. The SMILES string of the molecule is CC.CCOc1ccc(C(N)=O)cc1Nc1nc(-c2cccnc2)cs1. The van der Waals surface area contributed by atoms with Crippen LogP contribution >= 0.6 is 11.3 Å². The number of nitrogens with zero attached hydrogens (tertiary/aromatic N) is 2. The van der Waals surface area contributed by atoms with Crippen LogP contribution in [0.4, 0.5) is 10.8 Å². The van der Waals surface area contributed by atoms with Crippen molar-refractivity contribution in [2.24, 2.45) is 5.73 Å². The highest BCUT2D eigenvalue weighted by Crippen LogP contribution is 2.32. The summed E-state index contributed by atoms with van der Waals surface area (Å²) in [6.07, 6.45) is 3.48. The lowest BCUT2D eigenvalue weighted by Crippen LogP contribution is -2.11. The molecule has 1 aromatic carbocycles. The molecule has 0 radical (unpaired) electrons. The fraction of sp³-hybridized carbons (Fsp3) is 0.211. The molecule has 0 bridgehead atoms. The Bertz CT molecular complexity index is 850. The second kappa shape index (κ2) is 9.53. The van der Waals surface area contributed by atoms with Gasteiger partial charge in [-0.3, -0.25) is 9.78 Å². The quantitative estimate of drug-likeness (QED) is 0.668. The summed E-state index contributed by atoms with van der Waals surface area (Å²) in [5, 5.41) is 5.83. The fourth-order valence-electron chi connectivity index (χ4n) is 2.16. The van der Waals surface area contributed by atoms with E-state index in [1.165, 1.54) is 11.3 Å². The molecule has 3 rings (SSSR count). The van der Waals surface area contributed by atoms with Crippen LogP contribution in [0, 0.1) is 0 Å². The number of carbonyl (C=O) groups is 1. The molecule has 2 heterocycles. The normalized spacial score (nSPS) is 9.81. The van der Waals surface area contributed by atoms with Crippen molar-refractivity contribution in [2.45, 2.75) is 20.8 Å². The van der Waals surface area contributed by atoms with Gasteiger partial charge in [-0.15, -0.1) is 11.3 Å². The average Bonchev–Trinajstić information content (AvgIpc) is 3.14. The number of nitrogens with one attached hydrogen (secondary N) is 1. The molecule has 1 amide bonds. The van der Waals surface area contributed by atoms with Gasteiger partial charge in [-0.1, -0.05) is 13.8 Å². The summed E-state index contributed by atoms with van der Waals surface area (Å²) < 4.78 is 5.59. The van der Waals surface area contributed by atoms with E-state index in [1.807, 2.05) is 38.3 Å². The van der Waals surface area contributed by atoms with E-state index in [-0.39, 0.29) is 0 Å². The maximum Gasteiger partial charge on any atom is 0.248 e. The van der Waals surface area contributed by atoms with Crippen LogP contribution < -0.4 is 15.8 Å². The van der Waals surface area contributed by atoms with E-state index in [9.17, 15) is 4.79 Å². The summed E-state index contributed by atoms with van der Waals surface area (Å²) in [5.41, 5.74) is 8.19. The van der Waals surface area contributed by atoms with Crippen LogP contribution in [0.3, 0.4) is 0 Å². The molecule has 0 spiro atoms. The number of hydrogen-bond acceptors (Lipinski definition) is 6. The lowest BCUT2D eigenvalue weighted by atomic mass is 10.2. The third kappa shape index (κ3) is 4.80. The Balaban J connectivity index is 0.00000117. The summed E-state index contributed by atoms with van der Waals surface area (Å²) in [4.78, 5) is 20.0. The number of amides is 1. The first-order valence-corrected chi connectivity index (χ1v) is 9.25. The smallest absolute Gasteiger partial charge is 0.248 e. The fourth-order valence-corrected chi connectivity index (χ4v) is 2.89. The minimum atomic E-state index is -0.490. The van der Waals surface area contributed by atoms with E-state index in [0.29, 0.717) is 28.7 Å². The number of hydrogen-bond donors (Lipinski definition) is 2. The third-order valence-electron chi connectivity index (χ3n) is 3.27. The van der Waals surface area contributed by atoms with Crippen molar-refractivity contribution >= 4 is 28.1 Å². The molecule has 0 fully saturated rings. The van der Waals surface area contributed by atoms with Crippen LogP contribution in [-0.2, 0) is 0 Å². The van der Waals surface area contributed by atoms with Gasteiger partial charge in [-0.25, -0.2) is 4.98 Å². The predicted octanol–water partition coefficient (Wildman–Crippen LogP) is 4.47. The van der Waals surface area contributed by atoms with Gasteiger partial charge in [0.2, 0.25) is 5.91 Å². The highest BCUT2D eigenvalue weighted by Gasteiger charge is 2.11. The van der Waals surface area contributed by atoms with E-state index in [2.05, 4.69) is 15.3 Å². The molecule has 0 aliphatic heterocycles. The number of pyridine rings is 1. The highest BCUT2D eigenvalue weighted by atomic mass is 32.1. The van der Waals surface area contributed by atoms with Gasteiger partial charge in [0.15, 0.2) is 5.13 Å². The largest absolute Gasteiger partial charge is 0.492 e. The number of benzene rings is 1. The van der Waals surface area contributed by atoms with E-state index in [0.717, 1.165) is 11.3 Å². The van der Waals surface area contributed by atoms with Crippen LogP contribution in [0.5, 0.6) is 5.75 Å². The molecule has 3 aromatic rings. The molecule has 0 saturated carbocycles.